The highest BCUT2D eigenvalue weighted by atomic mass is 16.6. The smallest absolute Gasteiger partial charge is 0.330 e. The normalized spacial score (nSPS) is 10.5. The van der Waals surface area contributed by atoms with Crippen LogP contribution >= 0.6 is 0 Å². The largest absolute Gasteiger partial charge is 0.490 e. The van der Waals surface area contributed by atoms with Crippen LogP contribution in [0, 0.1) is 6.92 Å². The summed E-state index contributed by atoms with van der Waals surface area (Å²) < 4.78 is 10.6. The molecule has 0 spiro atoms. The summed E-state index contributed by atoms with van der Waals surface area (Å²) in [5.74, 6) is 0.414. The minimum Gasteiger partial charge on any atom is -0.490 e. The Morgan fingerprint density at radius 3 is 2.62 bits per heavy atom. The fourth-order valence-electron chi connectivity index (χ4n) is 1.78. The third-order valence-corrected chi connectivity index (χ3v) is 2.80. The molecule has 108 valence electrons. The highest BCUT2D eigenvalue weighted by Gasteiger charge is 1.98. The number of benzene rings is 2. The molecule has 0 bridgehead atoms. The summed E-state index contributed by atoms with van der Waals surface area (Å²) in [5.41, 5.74) is 2.10. The first-order valence-corrected chi connectivity index (χ1v) is 6.83. The number of hydrogen-bond acceptors (Lipinski definition) is 3. The number of esters is 1. The van der Waals surface area contributed by atoms with Crippen molar-refractivity contribution in [1.29, 1.82) is 0 Å². The fourth-order valence-corrected chi connectivity index (χ4v) is 1.78. The molecule has 0 heterocycles. The first-order chi connectivity index (χ1) is 10.2. The molecule has 2 aromatic carbocycles. The minimum atomic E-state index is -0.369. The zero-order valence-electron chi connectivity index (χ0n) is 12.0. The molecule has 0 aliphatic carbocycles. The van der Waals surface area contributed by atoms with Crippen molar-refractivity contribution in [3.05, 3.63) is 71.8 Å². The minimum absolute atomic E-state index is 0.228. The highest BCUT2D eigenvalue weighted by molar-refractivity contribution is 5.86. The van der Waals surface area contributed by atoms with Crippen LogP contribution in [0.2, 0.25) is 0 Å². The summed E-state index contributed by atoms with van der Waals surface area (Å²) >= 11 is 0. The second kappa shape index (κ2) is 7.90. The summed E-state index contributed by atoms with van der Waals surface area (Å²) in [7, 11) is 0. The summed E-state index contributed by atoms with van der Waals surface area (Å²) in [6.45, 7) is 2.57. The van der Waals surface area contributed by atoms with E-state index in [0.717, 1.165) is 16.9 Å². The van der Waals surface area contributed by atoms with Gasteiger partial charge in [-0.15, -0.1) is 0 Å². The van der Waals surface area contributed by atoms with Gasteiger partial charge in [-0.1, -0.05) is 42.5 Å². The number of carbonyl (C=O) groups is 1. The molecule has 0 atom stereocenters. The van der Waals surface area contributed by atoms with Crippen molar-refractivity contribution in [3.63, 3.8) is 0 Å². The van der Waals surface area contributed by atoms with Gasteiger partial charge in [0, 0.05) is 6.08 Å². The molecule has 0 aromatic heterocycles. The second-order valence-electron chi connectivity index (χ2n) is 4.58. The molecule has 0 saturated carbocycles. The molecule has 0 N–H and O–H groups in total. The summed E-state index contributed by atoms with van der Waals surface area (Å²) in [6.07, 6.45) is 3.14. The Hall–Kier alpha value is -2.55. The Kier molecular flexibility index (Phi) is 5.59. The van der Waals surface area contributed by atoms with E-state index in [2.05, 4.69) is 0 Å². The topological polar surface area (TPSA) is 35.5 Å². The van der Waals surface area contributed by atoms with Crippen LogP contribution in [0.3, 0.4) is 0 Å². The molecule has 0 radical (unpaired) electrons. The average molecular weight is 282 g/mol. The summed E-state index contributed by atoms with van der Waals surface area (Å²) in [4.78, 5) is 11.5. The van der Waals surface area contributed by atoms with E-state index >= 15 is 0 Å². The van der Waals surface area contributed by atoms with Gasteiger partial charge in [0.25, 0.3) is 0 Å². The van der Waals surface area contributed by atoms with Crippen LogP contribution < -0.4 is 4.74 Å². The highest BCUT2D eigenvalue weighted by Crippen LogP contribution is 2.11. The monoisotopic (exact) mass is 282 g/mol. The molecule has 0 amide bonds. The van der Waals surface area contributed by atoms with E-state index in [1.165, 1.54) is 6.08 Å². The number of ether oxygens (including phenoxy) is 2. The van der Waals surface area contributed by atoms with Crippen LogP contribution in [0.25, 0.3) is 6.08 Å². The molecule has 2 aromatic rings. The van der Waals surface area contributed by atoms with E-state index in [9.17, 15) is 4.79 Å². The van der Waals surface area contributed by atoms with Crippen molar-refractivity contribution in [3.8, 4) is 5.75 Å². The van der Waals surface area contributed by atoms with Crippen LogP contribution in [0.5, 0.6) is 5.75 Å². The maximum absolute atomic E-state index is 11.5. The van der Waals surface area contributed by atoms with Crippen LogP contribution in [0.15, 0.2) is 60.7 Å². The molecular formula is C18H18O3. The average Bonchev–Trinajstić information content (AvgIpc) is 2.51. The molecule has 0 saturated heterocycles. The van der Waals surface area contributed by atoms with Crippen LogP contribution in [-0.2, 0) is 9.53 Å². The predicted octanol–water partition coefficient (Wildman–Crippen LogP) is 3.63. The van der Waals surface area contributed by atoms with Crippen molar-refractivity contribution in [2.75, 3.05) is 13.2 Å². The number of carbonyl (C=O) groups excluding carboxylic acids is 1. The van der Waals surface area contributed by atoms with E-state index in [1.807, 2.05) is 61.5 Å². The number of aryl methyl sites for hydroxylation is 1. The molecular weight excluding hydrogens is 264 g/mol. The van der Waals surface area contributed by atoms with Crippen molar-refractivity contribution >= 4 is 12.0 Å². The quantitative estimate of drug-likeness (QED) is 0.461. The van der Waals surface area contributed by atoms with E-state index in [0.29, 0.717) is 6.61 Å². The molecule has 0 aliphatic rings. The van der Waals surface area contributed by atoms with Crippen molar-refractivity contribution < 1.29 is 14.3 Å². The molecule has 3 heteroatoms. The van der Waals surface area contributed by atoms with Gasteiger partial charge in [-0.2, -0.15) is 0 Å². The lowest BCUT2D eigenvalue weighted by Gasteiger charge is -2.06. The van der Waals surface area contributed by atoms with Crippen molar-refractivity contribution in [1.82, 2.24) is 0 Å². The lowest BCUT2D eigenvalue weighted by atomic mass is 10.2. The van der Waals surface area contributed by atoms with Crippen molar-refractivity contribution in [2.45, 2.75) is 6.92 Å². The van der Waals surface area contributed by atoms with Gasteiger partial charge in [0.2, 0.25) is 0 Å². The molecule has 3 nitrogen and oxygen atoms in total. The SMILES string of the molecule is Cc1cccc(OCCOC(=O)C=Cc2ccccc2)c1. The van der Waals surface area contributed by atoms with E-state index in [-0.39, 0.29) is 12.6 Å². The standard InChI is InChI=1S/C18H18O3/c1-15-6-5-9-17(14-15)20-12-13-21-18(19)11-10-16-7-3-2-4-8-16/h2-11,14H,12-13H2,1H3. The van der Waals surface area contributed by atoms with Gasteiger partial charge < -0.3 is 9.47 Å². The molecule has 0 fully saturated rings. The van der Waals surface area contributed by atoms with E-state index < -0.39 is 0 Å². The predicted molar refractivity (Wildman–Crippen MR) is 83.1 cm³/mol. The first kappa shape index (κ1) is 14.9. The first-order valence-electron chi connectivity index (χ1n) is 6.83. The second-order valence-corrected chi connectivity index (χ2v) is 4.58. The van der Waals surface area contributed by atoms with Gasteiger partial charge >= 0.3 is 5.97 Å². The van der Waals surface area contributed by atoms with Gasteiger partial charge in [0.05, 0.1) is 0 Å². The van der Waals surface area contributed by atoms with Gasteiger partial charge in [0.1, 0.15) is 19.0 Å². The Balaban J connectivity index is 1.69. The Morgan fingerprint density at radius 1 is 1.05 bits per heavy atom. The molecule has 0 aliphatic heterocycles. The van der Waals surface area contributed by atoms with Crippen LogP contribution in [-0.4, -0.2) is 19.2 Å². The van der Waals surface area contributed by atoms with Gasteiger partial charge in [0.15, 0.2) is 0 Å². The van der Waals surface area contributed by atoms with Crippen LogP contribution in [0.1, 0.15) is 11.1 Å². The third-order valence-electron chi connectivity index (χ3n) is 2.80. The van der Waals surface area contributed by atoms with Gasteiger partial charge in [-0.3, -0.25) is 0 Å². The Bertz CT molecular complexity index is 603. The number of hydrogen-bond donors (Lipinski definition) is 0. The summed E-state index contributed by atoms with van der Waals surface area (Å²) in [5, 5.41) is 0. The van der Waals surface area contributed by atoms with Crippen molar-refractivity contribution in [2.24, 2.45) is 0 Å². The molecule has 0 unspecified atom stereocenters. The van der Waals surface area contributed by atoms with Gasteiger partial charge in [-0.05, 0) is 36.3 Å². The zero-order valence-corrected chi connectivity index (χ0v) is 12.0. The summed E-state index contributed by atoms with van der Waals surface area (Å²) in [6, 6.07) is 17.4. The lowest BCUT2D eigenvalue weighted by molar-refractivity contribution is -0.138. The molecule has 2 rings (SSSR count). The zero-order chi connectivity index (χ0) is 14.9. The third kappa shape index (κ3) is 5.53. The maximum Gasteiger partial charge on any atom is 0.330 e. The maximum atomic E-state index is 11.5. The lowest BCUT2D eigenvalue weighted by Crippen LogP contribution is -2.10. The molecule has 21 heavy (non-hydrogen) atoms. The van der Waals surface area contributed by atoms with Crippen LogP contribution in [0.4, 0.5) is 0 Å². The number of rotatable bonds is 6. The Morgan fingerprint density at radius 2 is 1.86 bits per heavy atom. The van der Waals surface area contributed by atoms with E-state index in [1.54, 1.807) is 6.08 Å². The van der Waals surface area contributed by atoms with Gasteiger partial charge in [-0.25, -0.2) is 4.79 Å². The van der Waals surface area contributed by atoms with E-state index in [4.69, 9.17) is 9.47 Å². The fraction of sp³-hybridized carbons (Fsp3) is 0.167. The Labute approximate surface area is 124 Å².